The molecule has 7 heavy (non-hydrogen) atoms. The molecule has 0 radical (unpaired) electrons. The van der Waals surface area contributed by atoms with Crippen molar-refractivity contribution in [1.82, 2.24) is 5.32 Å². The van der Waals surface area contributed by atoms with Gasteiger partial charge in [0, 0.05) is 6.54 Å². The van der Waals surface area contributed by atoms with Crippen LogP contribution in [0.2, 0.25) is 0 Å². The lowest BCUT2D eigenvalue weighted by molar-refractivity contribution is 0.194. The monoisotopic (exact) mass is 141 g/mol. The third kappa shape index (κ3) is 4.64. The van der Waals surface area contributed by atoms with Crippen molar-refractivity contribution >= 4 is 19.8 Å². The lowest BCUT2D eigenvalue weighted by Gasteiger charge is -1.76. The number of hydrogen-bond donors (Lipinski definition) is 1. The molecule has 0 aromatic rings. The third-order valence-corrected chi connectivity index (χ3v) is 0.627. The van der Waals surface area contributed by atoms with E-state index in [9.17, 15) is 0 Å². The molecule has 1 N–H and O–H groups in total. The zero-order valence-electron chi connectivity index (χ0n) is 4.44. The van der Waals surface area contributed by atoms with Crippen LogP contribution in [0.5, 0.6) is 0 Å². The highest BCUT2D eigenvalue weighted by Crippen LogP contribution is 1.75. The summed E-state index contributed by atoms with van der Waals surface area (Å²) in [6.45, 7) is 2.67. The maximum absolute atomic E-state index is 4.83. The molecular formula is C3H13NOP2. The minimum atomic E-state index is 0. The molecule has 0 aliphatic carbocycles. The zero-order chi connectivity index (χ0) is 3.54. The first-order chi connectivity index (χ1) is 2.50. The summed E-state index contributed by atoms with van der Waals surface area (Å²) in [4.78, 5) is 0. The summed E-state index contributed by atoms with van der Waals surface area (Å²) in [7, 11) is 0. The Bertz CT molecular complexity index is 24.5. The molecule has 1 aliphatic rings. The van der Waals surface area contributed by atoms with Crippen LogP contribution in [0.3, 0.4) is 0 Å². The van der Waals surface area contributed by atoms with E-state index < -0.39 is 0 Å². The largest absolute Gasteiger partial charge is 0.365 e. The van der Waals surface area contributed by atoms with Crippen molar-refractivity contribution in [2.45, 2.75) is 0 Å². The topological polar surface area (TPSA) is 21.3 Å². The standard InChI is InChI=1S/C3H7NO.2H3P/c1-2-5-3-4-1;;/h4H,1-3H2;2*1H3. The van der Waals surface area contributed by atoms with Crippen LogP contribution in [0.25, 0.3) is 0 Å². The summed E-state index contributed by atoms with van der Waals surface area (Å²) in [5.41, 5.74) is 0. The zero-order valence-corrected chi connectivity index (χ0v) is 7.27. The van der Waals surface area contributed by atoms with Gasteiger partial charge in [-0.25, -0.2) is 0 Å². The molecule has 46 valence electrons. The summed E-state index contributed by atoms with van der Waals surface area (Å²) in [5.74, 6) is 0. The Labute approximate surface area is 50.6 Å². The average Bonchev–Trinajstić information content (AvgIpc) is 1.76. The molecule has 0 aromatic carbocycles. The summed E-state index contributed by atoms with van der Waals surface area (Å²) in [6, 6.07) is 0. The van der Waals surface area contributed by atoms with Crippen molar-refractivity contribution in [3.05, 3.63) is 0 Å². The highest BCUT2D eigenvalue weighted by molar-refractivity contribution is 6.92. The molecule has 2 atom stereocenters. The molecule has 4 heteroatoms. The second-order valence-electron chi connectivity index (χ2n) is 1.05. The molecule has 2 unspecified atom stereocenters. The number of hydrogen-bond acceptors (Lipinski definition) is 2. The number of rotatable bonds is 0. The Balaban J connectivity index is 0. The van der Waals surface area contributed by atoms with E-state index >= 15 is 0 Å². The molecule has 1 rings (SSSR count). The van der Waals surface area contributed by atoms with E-state index in [0.29, 0.717) is 0 Å². The Kier molecular flexibility index (Phi) is 10.4. The average molecular weight is 141 g/mol. The van der Waals surface area contributed by atoms with E-state index in [4.69, 9.17) is 4.74 Å². The molecule has 0 saturated carbocycles. The molecule has 1 aliphatic heterocycles. The fraction of sp³-hybridized carbons (Fsp3) is 1.00. The van der Waals surface area contributed by atoms with Gasteiger partial charge in [-0.1, -0.05) is 0 Å². The number of nitrogens with one attached hydrogen (secondary N) is 1. The minimum absolute atomic E-state index is 0. The van der Waals surface area contributed by atoms with Gasteiger partial charge in [-0.15, -0.1) is 0 Å². The van der Waals surface area contributed by atoms with Gasteiger partial charge in [0.15, 0.2) is 0 Å². The lowest BCUT2D eigenvalue weighted by atomic mass is 10.7. The highest BCUT2D eigenvalue weighted by atomic mass is 31.0. The van der Waals surface area contributed by atoms with Crippen molar-refractivity contribution < 1.29 is 4.74 Å². The van der Waals surface area contributed by atoms with Gasteiger partial charge in [0.1, 0.15) is 0 Å². The van der Waals surface area contributed by atoms with Gasteiger partial charge in [0.2, 0.25) is 0 Å². The molecule has 0 aromatic heterocycles. The first-order valence-electron chi connectivity index (χ1n) is 1.78. The van der Waals surface area contributed by atoms with E-state index in [1.165, 1.54) is 0 Å². The minimum Gasteiger partial charge on any atom is -0.365 e. The maximum atomic E-state index is 4.83. The molecule has 0 bridgehead atoms. The highest BCUT2D eigenvalue weighted by Gasteiger charge is 1.92. The lowest BCUT2D eigenvalue weighted by Crippen LogP contribution is -2.05. The summed E-state index contributed by atoms with van der Waals surface area (Å²) in [5, 5.41) is 3.00. The predicted octanol–water partition coefficient (Wildman–Crippen LogP) is -0.320. The van der Waals surface area contributed by atoms with Crippen LogP contribution < -0.4 is 5.32 Å². The fourth-order valence-electron chi connectivity index (χ4n) is 0.361. The van der Waals surface area contributed by atoms with Crippen LogP contribution in [0.1, 0.15) is 0 Å². The Hall–Kier alpha value is 0.780. The Morgan fingerprint density at radius 3 is 2.14 bits per heavy atom. The van der Waals surface area contributed by atoms with Crippen LogP contribution in [0.15, 0.2) is 0 Å². The van der Waals surface area contributed by atoms with Crippen LogP contribution in [0, 0.1) is 0 Å². The quantitative estimate of drug-likeness (QED) is 0.467. The van der Waals surface area contributed by atoms with Gasteiger partial charge in [-0.2, -0.15) is 19.8 Å². The summed E-state index contributed by atoms with van der Waals surface area (Å²) < 4.78 is 4.83. The van der Waals surface area contributed by atoms with Gasteiger partial charge in [-0.3, -0.25) is 5.32 Å². The van der Waals surface area contributed by atoms with Gasteiger partial charge in [0.05, 0.1) is 13.3 Å². The van der Waals surface area contributed by atoms with E-state index in [-0.39, 0.29) is 19.8 Å². The van der Waals surface area contributed by atoms with Crippen LogP contribution >= 0.6 is 19.8 Å². The molecular weight excluding hydrogens is 128 g/mol. The first-order valence-corrected chi connectivity index (χ1v) is 1.78. The molecule has 1 heterocycles. The van der Waals surface area contributed by atoms with E-state index in [2.05, 4.69) is 5.32 Å². The van der Waals surface area contributed by atoms with E-state index in [1.807, 2.05) is 0 Å². The Morgan fingerprint density at radius 1 is 1.29 bits per heavy atom. The smallest absolute Gasteiger partial charge is 0.0966 e. The van der Waals surface area contributed by atoms with Crippen molar-refractivity contribution in [1.29, 1.82) is 0 Å². The third-order valence-electron chi connectivity index (χ3n) is 0.627. The van der Waals surface area contributed by atoms with E-state index in [1.54, 1.807) is 0 Å². The van der Waals surface area contributed by atoms with E-state index in [0.717, 1.165) is 19.9 Å². The Morgan fingerprint density at radius 2 is 2.00 bits per heavy atom. The van der Waals surface area contributed by atoms with Gasteiger partial charge in [-0.05, 0) is 0 Å². The normalized spacial score (nSPS) is 17.1. The van der Waals surface area contributed by atoms with Gasteiger partial charge in [0.25, 0.3) is 0 Å². The van der Waals surface area contributed by atoms with Crippen LogP contribution in [-0.4, -0.2) is 19.9 Å². The molecule has 1 saturated heterocycles. The maximum Gasteiger partial charge on any atom is 0.0966 e. The molecule has 2 nitrogen and oxygen atoms in total. The summed E-state index contributed by atoms with van der Waals surface area (Å²) >= 11 is 0. The van der Waals surface area contributed by atoms with Crippen molar-refractivity contribution in [3.8, 4) is 0 Å². The fourth-order valence-corrected chi connectivity index (χ4v) is 0.361. The molecule has 1 fully saturated rings. The van der Waals surface area contributed by atoms with Crippen LogP contribution in [0.4, 0.5) is 0 Å². The summed E-state index contributed by atoms with van der Waals surface area (Å²) in [6.07, 6.45) is 0. The number of ether oxygens (including phenoxy) is 1. The van der Waals surface area contributed by atoms with Gasteiger partial charge < -0.3 is 4.74 Å². The van der Waals surface area contributed by atoms with Crippen molar-refractivity contribution in [2.75, 3.05) is 19.9 Å². The first kappa shape index (κ1) is 10.7. The molecule has 0 amide bonds. The van der Waals surface area contributed by atoms with Crippen molar-refractivity contribution in [3.63, 3.8) is 0 Å². The van der Waals surface area contributed by atoms with Crippen molar-refractivity contribution in [2.24, 2.45) is 0 Å². The second-order valence-corrected chi connectivity index (χ2v) is 1.05. The SMILES string of the molecule is C1COCN1.P.P. The predicted molar refractivity (Wildman–Crippen MR) is 41.0 cm³/mol. The molecule has 0 spiro atoms. The van der Waals surface area contributed by atoms with Gasteiger partial charge >= 0.3 is 0 Å². The van der Waals surface area contributed by atoms with Crippen LogP contribution in [-0.2, 0) is 4.74 Å². The second kappa shape index (κ2) is 6.78.